The number of benzene rings is 1. The van der Waals surface area contributed by atoms with E-state index in [2.05, 4.69) is 0 Å². The molecular weight excluding hydrogens is 292 g/mol. The summed E-state index contributed by atoms with van der Waals surface area (Å²) in [5, 5.41) is 17.8. The van der Waals surface area contributed by atoms with E-state index >= 15 is 0 Å². The number of carbonyl (C=O) groups excluding carboxylic acids is 1. The van der Waals surface area contributed by atoms with Crippen molar-refractivity contribution < 1.29 is 34.0 Å². The fourth-order valence-corrected chi connectivity index (χ4v) is 2.02. The van der Waals surface area contributed by atoms with Gasteiger partial charge in [-0.1, -0.05) is 30.3 Å². The number of esters is 1. The lowest BCUT2D eigenvalue weighted by molar-refractivity contribution is -0.228. The second-order valence-corrected chi connectivity index (χ2v) is 4.90. The van der Waals surface area contributed by atoms with Crippen LogP contribution in [0.3, 0.4) is 0 Å². The lowest BCUT2D eigenvalue weighted by Gasteiger charge is -2.30. The molecule has 1 aliphatic rings. The van der Waals surface area contributed by atoms with E-state index in [1.165, 1.54) is 0 Å². The van der Waals surface area contributed by atoms with Gasteiger partial charge in [-0.25, -0.2) is 4.79 Å². The van der Waals surface area contributed by atoms with Crippen molar-refractivity contribution in [3.05, 3.63) is 35.9 Å². The number of rotatable bonds is 6. The molecule has 1 aromatic carbocycles. The van der Waals surface area contributed by atoms with Gasteiger partial charge in [0.15, 0.2) is 12.4 Å². The van der Waals surface area contributed by atoms with Crippen molar-refractivity contribution in [3.8, 4) is 0 Å². The average Bonchev–Trinajstić information content (AvgIpc) is 2.53. The maximum atomic E-state index is 11.5. The van der Waals surface area contributed by atoms with E-state index < -0.39 is 30.8 Å². The van der Waals surface area contributed by atoms with Crippen LogP contribution in [0.2, 0.25) is 0 Å². The van der Waals surface area contributed by atoms with E-state index in [4.69, 9.17) is 19.3 Å². The minimum Gasteiger partial charge on any atom is -0.481 e. The second kappa shape index (κ2) is 7.88. The van der Waals surface area contributed by atoms with Crippen molar-refractivity contribution in [1.29, 1.82) is 0 Å². The predicted octanol–water partition coefficient (Wildman–Crippen LogP) is 0.869. The molecule has 3 unspecified atom stereocenters. The smallest absolute Gasteiger partial charge is 0.335 e. The van der Waals surface area contributed by atoms with Gasteiger partial charge in [0.1, 0.15) is 6.61 Å². The van der Waals surface area contributed by atoms with Crippen LogP contribution in [0.25, 0.3) is 0 Å². The standard InChI is InChI=1S/C15H18O7/c16-12(8-13(17)18)14(19)21-9-11-6-7-20-15(22-11)10-4-2-1-3-5-10/h1-5,11-12,15-16H,6-9H2,(H,17,18). The number of ether oxygens (including phenoxy) is 3. The largest absolute Gasteiger partial charge is 0.481 e. The van der Waals surface area contributed by atoms with Gasteiger partial charge in [-0.3, -0.25) is 4.79 Å². The first-order chi connectivity index (χ1) is 10.6. The normalized spacial score (nSPS) is 22.8. The first-order valence-corrected chi connectivity index (χ1v) is 6.94. The molecule has 1 aromatic rings. The molecule has 0 radical (unpaired) electrons. The molecule has 0 saturated carbocycles. The highest BCUT2D eigenvalue weighted by Gasteiger charge is 2.27. The first kappa shape index (κ1) is 16.4. The van der Waals surface area contributed by atoms with Gasteiger partial charge < -0.3 is 24.4 Å². The summed E-state index contributed by atoms with van der Waals surface area (Å²) in [7, 11) is 0. The number of aliphatic hydroxyl groups excluding tert-OH is 1. The Labute approximate surface area is 127 Å². The van der Waals surface area contributed by atoms with Crippen LogP contribution in [0.5, 0.6) is 0 Å². The molecule has 1 heterocycles. The maximum Gasteiger partial charge on any atom is 0.335 e. The number of carbonyl (C=O) groups is 2. The molecule has 2 rings (SSSR count). The summed E-state index contributed by atoms with van der Waals surface area (Å²) >= 11 is 0. The molecule has 120 valence electrons. The molecule has 1 fully saturated rings. The molecule has 7 nitrogen and oxygen atoms in total. The zero-order chi connectivity index (χ0) is 15.9. The summed E-state index contributed by atoms with van der Waals surface area (Å²) in [4.78, 5) is 21.9. The Kier molecular flexibility index (Phi) is 5.88. The van der Waals surface area contributed by atoms with Crippen molar-refractivity contribution in [2.45, 2.75) is 31.3 Å². The van der Waals surface area contributed by atoms with Crippen LogP contribution in [-0.4, -0.2) is 47.6 Å². The summed E-state index contributed by atoms with van der Waals surface area (Å²) in [5.41, 5.74) is 0.865. The van der Waals surface area contributed by atoms with Crippen molar-refractivity contribution in [2.75, 3.05) is 13.2 Å². The molecule has 0 amide bonds. The molecule has 1 aliphatic heterocycles. The Hall–Kier alpha value is -1.96. The number of hydrogen-bond donors (Lipinski definition) is 2. The van der Waals surface area contributed by atoms with Crippen LogP contribution < -0.4 is 0 Å². The number of carboxylic acids is 1. The Morgan fingerprint density at radius 1 is 1.32 bits per heavy atom. The van der Waals surface area contributed by atoms with Gasteiger partial charge in [0, 0.05) is 12.0 Å². The second-order valence-electron chi connectivity index (χ2n) is 4.90. The van der Waals surface area contributed by atoms with Gasteiger partial charge >= 0.3 is 11.9 Å². The van der Waals surface area contributed by atoms with Crippen molar-refractivity contribution in [2.24, 2.45) is 0 Å². The average molecular weight is 310 g/mol. The molecule has 0 bridgehead atoms. The number of aliphatic hydroxyl groups is 1. The van der Waals surface area contributed by atoms with Gasteiger partial charge in [0.25, 0.3) is 0 Å². The molecule has 0 aliphatic carbocycles. The first-order valence-electron chi connectivity index (χ1n) is 6.94. The van der Waals surface area contributed by atoms with E-state index in [1.54, 1.807) is 0 Å². The molecule has 2 N–H and O–H groups in total. The monoisotopic (exact) mass is 310 g/mol. The van der Waals surface area contributed by atoms with E-state index in [0.717, 1.165) is 5.56 Å². The Morgan fingerprint density at radius 3 is 2.73 bits per heavy atom. The van der Waals surface area contributed by atoms with E-state index in [0.29, 0.717) is 13.0 Å². The van der Waals surface area contributed by atoms with Crippen LogP contribution in [0.15, 0.2) is 30.3 Å². The summed E-state index contributed by atoms with van der Waals surface area (Å²) in [6, 6.07) is 9.36. The van der Waals surface area contributed by atoms with Crippen LogP contribution in [0.1, 0.15) is 24.7 Å². The van der Waals surface area contributed by atoms with E-state index in [-0.39, 0.29) is 12.7 Å². The van der Waals surface area contributed by atoms with Crippen LogP contribution >= 0.6 is 0 Å². The van der Waals surface area contributed by atoms with Gasteiger partial charge in [-0.15, -0.1) is 0 Å². The molecule has 7 heteroatoms. The number of carboxylic acid groups (broad SMARTS) is 1. The zero-order valence-corrected chi connectivity index (χ0v) is 11.9. The fraction of sp³-hybridized carbons (Fsp3) is 0.467. The molecular formula is C15H18O7. The van der Waals surface area contributed by atoms with Crippen LogP contribution in [0.4, 0.5) is 0 Å². The highest BCUT2D eigenvalue weighted by molar-refractivity contribution is 5.80. The van der Waals surface area contributed by atoms with Crippen molar-refractivity contribution >= 4 is 11.9 Å². The maximum absolute atomic E-state index is 11.5. The van der Waals surface area contributed by atoms with Crippen LogP contribution in [0, 0.1) is 0 Å². The third kappa shape index (κ3) is 4.80. The number of hydrogen-bond acceptors (Lipinski definition) is 6. The summed E-state index contributed by atoms with van der Waals surface area (Å²) in [6.07, 6.45) is -2.68. The third-order valence-electron chi connectivity index (χ3n) is 3.15. The van der Waals surface area contributed by atoms with Crippen molar-refractivity contribution in [1.82, 2.24) is 0 Å². The zero-order valence-electron chi connectivity index (χ0n) is 11.9. The van der Waals surface area contributed by atoms with Crippen molar-refractivity contribution in [3.63, 3.8) is 0 Å². The predicted molar refractivity (Wildman–Crippen MR) is 73.8 cm³/mol. The quantitative estimate of drug-likeness (QED) is 0.751. The topological polar surface area (TPSA) is 102 Å². The molecule has 3 atom stereocenters. The van der Waals surface area contributed by atoms with Gasteiger partial charge in [0.05, 0.1) is 19.1 Å². The lowest BCUT2D eigenvalue weighted by atomic mass is 10.2. The van der Waals surface area contributed by atoms with Gasteiger partial charge in [-0.2, -0.15) is 0 Å². The highest BCUT2D eigenvalue weighted by Crippen LogP contribution is 2.26. The van der Waals surface area contributed by atoms with E-state index in [9.17, 15) is 14.7 Å². The summed E-state index contributed by atoms with van der Waals surface area (Å²) in [5.74, 6) is -2.23. The SMILES string of the molecule is O=C(O)CC(O)C(=O)OCC1CCOC(c2ccccc2)O1. The summed E-state index contributed by atoms with van der Waals surface area (Å²) < 4.78 is 16.1. The molecule has 1 saturated heterocycles. The minimum atomic E-state index is -1.66. The summed E-state index contributed by atoms with van der Waals surface area (Å²) in [6.45, 7) is 0.404. The Balaban J connectivity index is 1.81. The fourth-order valence-electron chi connectivity index (χ4n) is 2.02. The van der Waals surface area contributed by atoms with E-state index in [1.807, 2.05) is 30.3 Å². The number of aliphatic carboxylic acids is 1. The molecule has 22 heavy (non-hydrogen) atoms. The van der Waals surface area contributed by atoms with Crippen LogP contribution in [-0.2, 0) is 23.8 Å². The minimum absolute atomic E-state index is 0.0534. The van der Waals surface area contributed by atoms with Gasteiger partial charge in [-0.05, 0) is 0 Å². The molecule has 0 aromatic heterocycles. The Morgan fingerprint density at radius 2 is 2.05 bits per heavy atom. The highest BCUT2D eigenvalue weighted by atomic mass is 16.7. The third-order valence-corrected chi connectivity index (χ3v) is 3.15. The van der Waals surface area contributed by atoms with Gasteiger partial charge in [0.2, 0.25) is 0 Å². The lowest BCUT2D eigenvalue weighted by Crippen LogP contribution is -2.34. The Bertz CT molecular complexity index is 502. The molecule has 0 spiro atoms.